The van der Waals surface area contributed by atoms with Crippen LogP contribution in [0, 0.1) is 0 Å². The van der Waals surface area contributed by atoms with Gasteiger partial charge < -0.3 is 9.47 Å². The number of hydrogen-bond donors (Lipinski definition) is 0. The minimum absolute atomic E-state index is 0.310. The maximum absolute atomic E-state index is 5.86. The first-order valence-electron chi connectivity index (χ1n) is 6.36. The zero-order chi connectivity index (χ0) is 11.6. The number of rotatable bonds is 3. The summed E-state index contributed by atoms with van der Waals surface area (Å²) in [5.74, 6) is 0. The summed E-state index contributed by atoms with van der Waals surface area (Å²) in [6.07, 6.45) is 0.621. The van der Waals surface area contributed by atoms with Crippen molar-refractivity contribution in [2.24, 2.45) is 0 Å². The van der Waals surface area contributed by atoms with Gasteiger partial charge in [-0.2, -0.15) is 0 Å². The summed E-state index contributed by atoms with van der Waals surface area (Å²) in [6.45, 7) is 11.8. The molecule has 4 nitrogen and oxygen atoms in total. The Hall–Kier alpha value is -0.160. The van der Waals surface area contributed by atoms with Gasteiger partial charge in [0.25, 0.3) is 0 Å². The number of piperazine rings is 1. The summed E-state index contributed by atoms with van der Waals surface area (Å²) in [5.41, 5.74) is 0. The Morgan fingerprint density at radius 3 is 2.69 bits per heavy atom. The number of quaternary nitrogens is 1. The molecule has 0 saturated carbocycles. The number of hydrogen-bond acceptors (Lipinski definition) is 3. The van der Waals surface area contributed by atoms with Crippen molar-refractivity contribution in [1.29, 1.82) is 0 Å². The lowest BCUT2D eigenvalue weighted by atomic mass is 10.2. The van der Waals surface area contributed by atoms with Gasteiger partial charge in [-0.15, -0.1) is 0 Å². The van der Waals surface area contributed by atoms with Crippen LogP contribution in [0.5, 0.6) is 0 Å². The molecule has 0 aromatic carbocycles. The van der Waals surface area contributed by atoms with Crippen molar-refractivity contribution in [2.75, 3.05) is 53.1 Å². The highest BCUT2D eigenvalue weighted by atomic mass is 16.6. The molecule has 2 aliphatic rings. The number of likely N-dealkylation sites (N-methyl/N-ethyl adjacent to an activating group) is 1. The first-order chi connectivity index (χ1) is 7.60. The fourth-order valence-corrected chi connectivity index (χ4v) is 2.50. The highest BCUT2D eigenvalue weighted by Gasteiger charge is 2.41. The molecule has 0 bridgehead atoms. The van der Waals surface area contributed by atoms with E-state index in [0.717, 1.165) is 24.4 Å². The van der Waals surface area contributed by atoms with E-state index < -0.39 is 0 Å². The van der Waals surface area contributed by atoms with E-state index in [1.54, 1.807) is 0 Å². The highest BCUT2D eigenvalue weighted by molar-refractivity contribution is 4.67. The molecule has 2 fully saturated rings. The van der Waals surface area contributed by atoms with E-state index in [1.807, 2.05) is 0 Å². The molecule has 1 spiro atoms. The second-order valence-electron chi connectivity index (χ2n) is 5.57. The van der Waals surface area contributed by atoms with Crippen LogP contribution in [0.2, 0.25) is 0 Å². The van der Waals surface area contributed by atoms with Crippen molar-refractivity contribution < 1.29 is 14.0 Å². The van der Waals surface area contributed by atoms with Crippen LogP contribution >= 0.6 is 0 Å². The second kappa shape index (κ2) is 5.00. The summed E-state index contributed by atoms with van der Waals surface area (Å²) in [7, 11) is 2.20. The fraction of sp³-hybridized carbons (Fsp3) is 1.00. The molecule has 2 rings (SSSR count). The SMILES string of the molecule is CC(C)OCC1C[N+]2(CCN(C)CC2)CO1. The van der Waals surface area contributed by atoms with Gasteiger partial charge in [0, 0.05) is 13.1 Å². The molecule has 1 unspecified atom stereocenters. The monoisotopic (exact) mass is 229 g/mol. The van der Waals surface area contributed by atoms with Crippen molar-refractivity contribution in [2.45, 2.75) is 26.1 Å². The van der Waals surface area contributed by atoms with E-state index in [4.69, 9.17) is 9.47 Å². The lowest BCUT2D eigenvalue weighted by Crippen LogP contribution is -2.57. The van der Waals surface area contributed by atoms with E-state index in [2.05, 4.69) is 25.8 Å². The van der Waals surface area contributed by atoms with Crippen LogP contribution in [0.1, 0.15) is 13.8 Å². The fourth-order valence-electron chi connectivity index (χ4n) is 2.50. The third-order valence-electron chi connectivity index (χ3n) is 3.70. The largest absolute Gasteiger partial charge is 0.376 e. The lowest BCUT2D eigenvalue weighted by molar-refractivity contribution is -0.929. The van der Waals surface area contributed by atoms with Gasteiger partial charge in [-0.1, -0.05) is 0 Å². The topological polar surface area (TPSA) is 21.7 Å². The maximum atomic E-state index is 5.86. The summed E-state index contributed by atoms with van der Waals surface area (Å²) >= 11 is 0. The summed E-state index contributed by atoms with van der Waals surface area (Å²) in [4.78, 5) is 2.40. The molecule has 2 heterocycles. The van der Waals surface area contributed by atoms with Gasteiger partial charge in [0.15, 0.2) is 6.73 Å². The molecule has 1 atom stereocenters. The second-order valence-corrected chi connectivity index (χ2v) is 5.57. The average Bonchev–Trinajstić information content (AvgIpc) is 2.64. The zero-order valence-electron chi connectivity index (χ0n) is 10.8. The van der Waals surface area contributed by atoms with Crippen LogP contribution in [0.25, 0.3) is 0 Å². The zero-order valence-corrected chi connectivity index (χ0v) is 10.8. The van der Waals surface area contributed by atoms with E-state index >= 15 is 0 Å². The van der Waals surface area contributed by atoms with Gasteiger partial charge in [-0.05, 0) is 20.9 Å². The number of ether oxygens (including phenoxy) is 2. The van der Waals surface area contributed by atoms with Crippen molar-refractivity contribution in [1.82, 2.24) is 4.90 Å². The van der Waals surface area contributed by atoms with Crippen molar-refractivity contribution in [3.63, 3.8) is 0 Å². The van der Waals surface area contributed by atoms with Crippen LogP contribution in [0.4, 0.5) is 0 Å². The van der Waals surface area contributed by atoms with Gasteiger partial charge >= 0.3 is 0 Å². The van der Waals surface area contributed by atoms with Crippen LogP contribution < -0.4 is 0 Å². The molecule has 2 aliphatic heterocycles. The van der Waals surface area contributed by atoms with E-state index in [9.17, 15) is 0 Å². The van der Waals surface area contributed by atoms with Gasteiger partial charge in [-0.3, -0.25) is 9.38 Å². The molecule has 0 aromatic heterocycles. The highest BCUT2D eigenvalue weighted by Crippen LogP contribution is 2.21. The van der Waals surface area contributed by atoms with Crippen LogP contribution in [0.3, 0.4) is 0 Å². The Labute approximate surface area is 98.7 Å². The standard InChI is InChI=1S/C12H25N2O2/c1-11(2)15-9-12-8-14(10-16-12)6-4-13(3)5-7-14/h11-12H,4-10H2,1-3H3/q+1. The summed E-state index contributed by atoms with van der Waals surface area (Å²) < 4.78 is 12.6. The molecular formula is C12H25N2O2+. The molecule has 0 radical (unpaired) electrons. The van der Waals surface area contributed by atoms with Crippen LogP contribution in [-0.2, 0) is 9.47 Å². The van der Waals surface area contributed by atoms with E-state index in [1.165, 1.54) is 26.2 Å². The molecule has 16 heavy (non-hydrogen) atoms. The van der Waals surface area contributed by atoms with E-state index in [0.29, 0.717) is 12.2 Å². The third-order valence-corrected chi connectivity index (χ3v) is 3.70. The Bertz CT molecular complexity index is 225. The molecule has 94 valence electrons. The van der Waals surface area contributed by atoms with Gasteiger partial charge in [0.05, 0.1) is 25.8 Å². The first kappa shape index (κ1) is 12.3. The summed E-state index contributed by atoms with van der Waals surface area (Å²) in [5, 5.41) is 0. The van der Waals surface area contributed by atoms with Gasteiger partial charge in [0.1, 0.15) is 12.6 Å². The molecule has 4 heteroatoms. The Morgan fingerprint density at radius 2 is 2.06 bits per heavy atom. The van der Waals surface area contributed by atoms with E-state index in [-0.39, 0.29) is 0 Å². The quantitative estimate of drug-likeness (QED) is 0.659. The predicted octanol–water partition coefficient (Wildman–Crippen LogP) is 0.530. The van der Waals surface area contributed by atoms with Crippen LogP contribution in [-0.4, -0.2) is 74.7 Å². The average molecular weight is 229 g/mol. The van der Waals surface area contributed by atoms with Gasteiger partial charge in [0.2, 0.25) is 0 Å². The Balaban J connectivity index is 1.78. The molecule has 0 aromatic rings. The molecule has 2 saturated heterocycles. The molecule has 0 amide bonds. The normalized spacial score (nSPS) is 30.4. The third kappa shape index (κ3) is 2.94. The lowest BCUT2D eigenvalue weighted by Gasteiger charge is -2.39. The van der Waals surface area contributed by atoms with Gasteiger partial charge in [-0.25, -0.2) is 0 Å². The van der Waals surface area contributed by atoms with Crippen molar-refractivity contribution >= 4 is 0 Å². The minimum atomic E-state index is 0.310. The van der Waals surface area contributed by atoms with Crippen LogP contribution in [0.15, 0.2) is 0 Å². The van der Waals surface area contributed by atoms with Crippen molar-refractivity contribution in [3.8, 4) is 0 Å². The minimum Gasteiger partial charge on any atom is -0.376 e. The molecule has 0 N–H and O–H groups in total. The predicted molar refractivity (Wildman–Crippen MR) is 63.2 cm³/mol. The Morgan fingerprint density at radius 1 is 1.38 bits per heavy atom. The summed E-state index contributed by atoms with van der Waals surface area (Å²) in [6, 6.07) is 0. The maximum Gasteiger partial charge on any atom is 0.184 e. The molecular weight excluding hydrogens is 204 g/mol. The molecule has 0 aliphatic carbocycles. The van der Waals surface area contributed by atoms with Crippen molar-refractivity contribution in [3.05, 3.63) is 0 Å². The number of nitrogens with zero attached hydrogens (tertiary/aromatic N) is 2. The smallest absolute Gasteiger partial charge is 0.184 e. The Kier molecular flexibility index (Phi) is 3.85. The first-order valence-corrected chi connectivity index (χ1v) is 6.36.